The molecule has 1 heterocycles. The van der Waals surface area contributed by atoms with E-state index in [0.29, 0.717) is 11.0 Å². The summed E-state index contributed by atoms with van der Waals surface area (Å²) in [5.41, 5.74) is 5.97. The van der Waals surface area contributed by atoms with E-state index in [1.165, 1.54) is 11.1 Å². The third-order valence-corrected chi connectivity index (χ3v) is 5.77. The second-order valence-electron chi connectivity index (χ2n) is 8.14. The lowest BCUT2D eigenvalue weighted by Gasteiger charge is -2.21. The van der Waals surface area contributed by atoms with Gasteiger partial charge in [-0.2, -0.15) is 13.2 Å². The molecule has 0 atom stereocenters. The zero-order chi connectivity index (χ0) is 21.4. The molecule has 0 unspecified atom stereocenters. The molecule has 0 spiro atoms. The van der Waals surface area contributed by atoms with E-state index < -0.39 is 12.0 Å². The van der Waals surface area contributed by atoms with Crippen LogP contribution in [0.5, 0.6) is 0 Å². The van der Waals surface area contributed by atoms with Crippen molar-refractivity contribution in [2.24, 2.45) is 0 Å². The van der Waals surface area contributed by atoms with E-state index in [-0.39, 0.29) is 0 Å². The number of aromatic nitrogens is 2. The van der Waals surface area contributed by atoms with Gasteiger partial charge in [-0.15, -0.1) is 0 Å². The number of fused-ring (bicyclic) bond motifs is 1. The van der Waals surface area contributed by atoms with Crippen molar-refractivity contribution in [2.45, 2.75) is 111 Å². The molecule has 0 aliphatic heterocycles. The fourth-order valence-corrected chi connectivity index (χ4v) is 4.17. The monoisotopic (exact) mass is 410 g/mol. The molecule has 0 saturated heterocycles. The Morgan fingerprint density at radius 2 is 1.07 bits per heavy atom. The lowest BCUT2D eigenvalue weighted by Crippen LogP contribution is -2.08. The number of rotatable bonds is 12. The van der Waals surface area contributed by atoms with Crippen LogP contribution in [0.15, 0.2) is 0 Å². The smallest absolute Gasteiger partial charge is 0.334 e. The third kappa shape index (κ3) is 5.76. The Hall–Kier alpha value is -1.52. The fraction of sp³-hybridized carbons (Fsp3) is 0.708. The minimum absolute atomic E-state index is 0.572. The number of benzene rings is 1. The number of unbranched alkanes of at least 4 members (excludes halogenated alkanes) is 4. The Morgan fingerprint density at radius 3 is 1.52 bits per heavy atom. The minimum Gasteiger partial charge on any atom is -0.334 e. The van der Waals surface area contributed by atoms with Crippen LogP contribution < -0.4 is 0 Å². The molecule has 1 aromatic heterocycles. The fourth-order valence-electron chi connectivity index (χ4n) is 4.17. The molecule has 5 heteroatoms. The van der Waals surface area contributed by atoms with Crippen molar-refractivity contribution >= 4 is 11.0 Å². The summed E-state index contributed by atoms with van der Waals surface area (Å²) in [7, 11) is 0. The van der Waals surface area contributed by atoms with E-state index in [2.05, 4.69) is 37.7 Å². The first-order chi connectivity index (χ1) is 13.9. The molecule has 0 aliphatic rings. The van der Waals surface area contributed by atoms with Gasteiger partial charge in [0.2, 0.25) is 5.82 Å². The van der Waals surface area contributed by atoms with E-state index in [4.69, 9.17) is 0 Å². The Morgan fingerprint density at radius 1 is 0.655 bits per heavy atom. The lowest BCUT2D eigenvalue weighted by molar-refractivity contribution is -0.144. The quantitative estimate of drug-likeness (QED) is 0.378. The van der Waals surface area contributed by atoms with Gasteiger partial charge in [-0.05, 0) is 73.6 Å². The number of aryl methyl sites for hydroxylation is 2. The van der Waals surface area contributed by atoms with E-state index >= 15 is 0 Å². The molecule has 0 aliphatic carbocycles. The summed E-state index contributed by atoms with van der Waals surface area (Å²) in [4.78, 5) is 6.81. The van der Waals surface area contributed by atoms with Gasteiger partial charge in [-0.3, -0.25) is 0 Å². The molecule has 1 aromatic carbocycles. The summed E-state index contributed by atoms with van der Waals surface area (Å²) in [5.74, 6) is -0.850. The van der Waals surface area contributed by atoms with E-state index in [0.717, 1.165) is 88.2 Å². The first-order valence-electron chi connectivity index (χ1n) is 11.5. The van der Waals surface area contributed by atoms with Crippen LogP contribution in [0, 0.1) is 0 Å². The van der Waals surface area contributed by atoms with Crippen LogP contribution in [-0.4, -0.2) is 9.97 Å². The number of nitrogens with one attached hydrogen (secondary N) is 1. The summed E-state index contributed by atoms with van der Waals surface area (Å²) in [6, 6.07) is 0. The van der Waals surface area contributed by atoms with E-state index in [9.17, 15) is 13.2 Å². The summed E-state index contributed by atoms with van der Waals surface area (Å²) in [5, 5.41) is 0. The standard InChI is InChI=1S/C24H37F3N2/c1-5-9-13-17-18(14-10-6-2)20(16-12-8-4)22-21(19(17)15-11-7-3)28-23(29-22)24(25,26)27/h5-16H2,1-4H3,(H,28,29). The van der Waals surface area contributed by atoms with Crippen molar-refractivity contribution in [3.8, 4) is 0 Å². The molecular weight excluding hydrogens is 373 g/mol. The SMILES string of the molecule is CCCCc1c(CCCC)c(CCCC)c2[nH]c(C(F)(F)F)nc2c1CCCC. The maximum absolute atomic E-state index is 13.5. The average molecular weight is 411 g/mol. The van der Waals surface area contributed by atoms with Gasteiger partial charge in [0.05, 0.1) is 11.0 Å². The topological polar surface area (TPSA) is 28.7 Å². The predicted octanol–water partition coefficient (Wildman–Crippen LogP) is 7.95. The van der Waals surface area contributed by atoms with Gasteiger partial charge in [0, 0.05) is 0 Å². The number of H-pyrrole nitrogens is 1. The second kappa shape index (κ2) is 11.0. The molecule has 2 nitrogen and oxygen atoms in total. The van der Waals surface area contributed by atoms with Crippen molar-refractivity contribution < 1.29 is 13.2 Å². The number of hydrogen-bond donors (Lipinski definition) is 1. The van der Waals surface area contributed by atoms with Crippen LogP contribution in [0.3, 0.4) is 0 Å². The number of alkyl halides is 3. The molecule has 2 rings (SSSR count). The average Bonchev–Trinajstić information content (AvgIpc) is 3.13. The molecule has 0 amide bonds. The van der Waals surface area contributed by atoms with E-state index in [1.807, 2.05) is 0 Å². The highest BCUT2D eigenvalue weighted by Crippen LogP contribution is 2.37. The third-order valence-electron chi connectivity index (χ3n) is 5.77. The zero-order valence-electron chi connectivity index (χ0n) is 18.6. The number of hydrogen-bond acceptors (Lipinski definition) is 1. The number of halogens is 3. The number of imidazole rings is 1. The summed E-state index contributed by atoms with van der Waals surface area (Å²) in [6.45, 7) is 8.60. The first-order valence-corrected chi connectivity index (χ1v) is 11.5. The maximum atomic E-state index is 13.5. The van der Waals surface area contributed by atoms with Gasteiger partial charge in [0.25, 0.3) is 0 Å². The molecule has 0 bridgehead atoms. The maximum Gasteiger partial charge on any atom is 0.449 e. The zero-order valence-corrected chi connectivity index (χ0v) is 18.6. The highest BCUT2D eigenvalue weighted by Gasteiger charge is 2.36. The predicted molar refractivity (Wildman–Crippen MR) is 116 cm³/mol. The van der Waals surface area contributed by atoms with Gasteiger partial charge in [0.1, 0.15) is 0 Å². The summed E-state index contributed by atoms with van der Waals surface area (Å²) >= 11 is 0. The van der Waals surface area contributed by atoms with Crippen molar-refractivity contribution in [1.29, 1.82) is 0 Å². The number of aromatic amines is 1. The summed E-state index contributed by atoms with van der Waals surface area (Å²) in [6.07, 6.45) is 7.36. The van der Waals surface area contributed by atoms with Crippen LogP contribution in [0.1, 0.15) is 107 Å². The minimum atomic E-state index is -4.45. The van der Waals surface area contributed by atoms with Gasteiger partial charge in [-0.1, -0.05) is 53.4 Å². The van der Waals surface area contributed by atoms with Gasteiger partial charge < -0.3 is 4.98 Å². The van der Waals surface area contributed by atoms with Crippen molar-refractivity contribution in [3.63, 3.8) is 0 Å². The van der Waals surface area contributed by atoms with Gasteiger partial charge in [-0.25, -0.2) is 4.98 Å². The Balaban J connectivity index is 2.81. The van der Waals surface area contributed by atoms with Crippen molar-refractivity contribution in [1.82, 2.24) is 9.97 Å². The van der Waals surface area contributed by atoms with Crippen molar-refractivity contribution in [2.75, 3.05) is 0 Å². The van der Waals surface area contributed by atoms with Gasteiger partial charge >= 0.3 is 6.18 Å². The molecule has 0 fully saturated rings. The number of nitrogens with zero attached hydrogens (tertiary/aromatic N) is 1. The molecule has 29 heavy (non-hydrogen) atoms. The molecule has 164 valence electrons. The first kappa shape index (κ1) is 23.8. The van der Waals surface area contributed by atoms with Crippen LogP contribution >= 0.6 is 0 Å². The summed E-state index contributed by atoms with van der Waals surface area (Å²) < 4.78 is 40.5. The molecule has 2 aromatic rings. The van der Waals surface area contributed by atoms with Crippen LogP contribution in [0.25, 0.3) is 11.0 Å². The lowest BCUT2D eigenvalue weighted by atomic mass is 9.85. The molecule has 0 saturated carbocycles. The van der Waals surface area contributed by atoms with Gasteiger partial charge in [0.15, 0.2) is 0 Å². The normalized spacial score (nSPS) is 12.2. The van der Waals surface area contributed by atoms with Crippen molar-refractivity contribution in [3.05, 3.63) is 28.1 Å². The highest BCUT2D eigenvalue weighted by molar-refractivity contribution is 5.85. The Kier molecular flexibility index (Phi) is 9.04. The van der Waals surface area contributed by atoms with Crippen LogP contribution in [-0.2, 0) is 31.9 Å². The molecule has 0 radical (unpaired) electrons. The molecular formula is C24H37F3N2. The Labute approximate surface area is 173 Å². The molecule has 1 N–H and O–H groups in total. The second-order valence-corrected chi connectivity index (χ2v) is 8.14. The Bertz CT molecular complexity index is 718. The van der Waals surface area contributed by atoms with Crippen LogP contribution in [0.2, 0.25) is 0 Å². The largest absolute Gasteiger partial charge is 0.449 e. The van der Waals surface area contributed by atoms with E-state index in [1.54, 1.807) is 0 Å². The van der Waals surface area contributed by atoms with Crippen LogP contribution in [0.4, 0.5) is 13.2 Å². The highest BCUT2D eigenvalue weighted by atomic mass is 19.4.